The third kappa shape index (κ3) is 4.95. The van der Waals surface area contributed by atoms with Gasteiger partial charge in [0.25, 0.3) is 5.91 Å². The van der Waals surface area contributed by atoms with Crippen molar-refractivity contribution in [3.8, 4) is 0 Å². The Bertz CT molecular complexity index is 744. The van der Waals surface area contributed by atoms with E-state index in [-0.39, 0.29) is 5.91 Å². The van der Waals surface area contributed by atoms with E-state index in [0.717, 1.165) is 44.5 Å². The molecular weight excluding hydrogens is 338 g/mol. The first-order valence-electron chi connectivity index (χ1n) is 10.1. The second-order valence-electron chi connectivity index (χ2n) is 7.70. The maximum absolute atomic E-state index is 12.5. The largest absolute Gasteiger partial charge is 0.351 e. The number of nitrogens with zero attached hydrogens (tertiary/aromatic N) is 3. The number of piperidine rings is 1. The molecule has 0 unspecified atom stereocenters. The normalized spacial score (nSPS) is 15.3. The number of amides is 1. The van der Waals surface area contributed by atoms with Crippen LogP contribution in [0.25, 0.3) is 0 Å². The fourth-order valence-electron chi connectivity index (χ4n) is 3.60. The average Bonchev–Trinajstić information content (AvgIpc) is 3.07. The fraction of sp³-hybridized carbons (Fsp3) is 0.571. The van der Waals surface area contributed by atoms with Crippen LogP contribution in [0.1, 0.15) is 72.4 Å². The monoisotopic (exact) mass is 369 g/mol. The molecule has 2 N–H and O–H groups in total. The molecule has 0 radical (unpaired) electrons. The van der Waals surface area contributed by atoms with Gasteiger partial charge in [-0.1, -0.05) is 43.3 Å². The standard InChI is InChI=1S/C21H31N5O/c1-15(2)18-8-6-17(7-9-18)5-4-12-23-21(27)20-16(3)26(25-24-20)19-10-13-22-14-11-19/h6-9,15,19,22H,4-5,10-14H2,1-3H3,(H,23,27). The van der Waals surface area contributed by atoms with E-state index in [1.807, 2.05) is 11.6 Å². The molecule has 6 nitrogen and oxygen atoms in total. The van der Waals surface area contributed by atoms with Crippen molar-refractivity contribution in [3.05, 3.63) is 46.8 Å². The van der Waals surface area contributed by atoms with Gasteiger partial charge < -0.3 is 10.6 Å². The lowest BCUT2D eigenvalue weighted by molar-refractivity contribution is 0.0947. The Morgan fingerprint density at radius 3 is 2.63 bits per heavy atom. The van der Waals surface area contributed by atoms with Crippen molar-refractivity contribution in [3.63, 3.8) is 0 Å². The lowest BCUT2D eigenvalue weighted by Crippen LogP contribution is -2.30. The number of aromatic nitrogens is 3. The van der Waals surface area contributed by atoms with Crippen molar-refractivity contribution in [1.29, 1.82) is 0 Å². The summed E-state index contributed by atoms with van der Waals surface area (Å²) in [4.78, 5) is 12.5. The molecule has 1 saturated heterocycles. The Balaban J connectivity index is 1.47. The Labute approximate surface area is 161 Å². The molecule has 0 saturated carbocycles. The van der Waals surface area contributed by atoms with Crippen LogP contribution in [0.15, 0.2) is 24.3 Å². The number of carbonyl (C=O) groups excluding carboxylic acids is 1. The summed E-state index contributed by atoms with van der Waals surface area (Å²) in [7, 11) is 0. The predicted octanol–water partition coefficient (Wildman–Crippen LogP) is 3.00. The molecule has 2 heterocycles. The SMILES string of the molecule is Cc1c(C(=O)NCCCc2ccc(C(C)C)cc2)nnn1C1CCNCC1. The van der Waals surface area contributed by atoms with Gasteiger partial charge in [-0.3, -0.25) is 4.79 Å². The molecule has 6 heteroatoms. The van der Waals surface area contributed by atoms with Gasteiger partial charge in [0.2, 0.25) is 0 Å². The molecule has 1 aliphatic rings. The van der Waals surface area contributed by atoms with E-state index in [4.69, 9.17) is 0 Å². The topological polar surface area (TPSA) is 71.8 Å². The fourth-order valence-corrected chi connectivity index (χ4v) is 3.60. The molecule has 1 aromatic carbocycles. The van der Waals surface area contributed by atoms with Crippen LogP contribution in [-0.4, -0.2) is 40.5 Å². The van der Waals surface area contributed by atoms with Gasteiger partial charge in [0.05, 0.1) is 11.7 Å². The molecule has 1 aliphatic heterocycles. The highest BCUT2D eigenvalue weighted by Crippen LogP contribution is 2.20. The molecule has 0 aliphatic carbocycles. The van der Waals surface area contributed by atoms with Gasteiger partial charge in [0.15, 0.2) is 5.69 Å². The zero-order valence-electron chi connectivity index (χ0n) is 16.7. The quantitative estimate of drug-likeness (QED) is 0.736. The Morgan fingerprint density at radius 1 is 1.26 bits per heavy atom. The molecule has 146 valence electrons. The van der Waals surface area contributed by atoms with Gasteiger partial charge in [-0.15, -0.1) is 5.10 Å². The minimum Gasteiger partial charge on any atom is -0.351 e. The molecule has 27 heavy (non-hydrogen) atoms. The third-order valence-electron chi connectivity index (χ3n) is 5.37. The van der Waals surface area contributed by atoms with Crippen molar-refractivity contribution in [1.82, 2.24) is 25.6 Å². The summed E-state index contributed by atoms with van der Waals surface area (Å²) in [5.74, 6) is 0.433. The van der Waals surface area contributed by atoms with Gasteiger partial charge in [0, 0.05) is 6.54 Å². The van der Waals surface area contributed by atoms with Gasteiger partial charge >= 0.3 is 0 Å². The number of hydrogen-bond donors (Lipinski definition) is 2. The molecule has 0 atom stereocenters. The molecule has 0 spiro atoms. The van der Waals surface area contributed by atoms with Crippen molar-refractivity contribution in [2.75, 3.05) is 19.6 Å². The van der Waals surface area contributed by atoms with Gasteiger partial charge in [-0.25, -0.2) is 4.68 Å². The highest BCUT2D eigenvalue weighted by atomic mass is 16.2. The second kappa shape index (κ2) is 9.13. The van der Waals surface area contributed by atoms with Crippen molar-refractivity contribution >= 4 is 5.91 Å². The number of aryl methyl sites for hydroxylation is 1. The van der Waals surface area contributed by atoms with E-state index in [9.17, 15) is 4.79 Å². The zero-order chi connectivity index (χ0) is 19.2. The van der Waals surface area contributed by atoms with Crippen LogP contribution in [0.3, 0.4) is 0 Å². The highest BCUT2D eigenvalue weighted by molar-refractivity contribution is 5.93. The van der Waals surface area contributed by atoms with Crippen LogP contribution in [-0.2, 0) is 6.42 Å². The Morgan fingerprint density at radius 2 is 1.96 bits per heavy atom. The third-order valence-corrected chi connectivity index (χ3v) is 5.37. The van der Waals surface area contributed by atoms with E-state index in [2.05, 4.69) is 59.1 Å². The smallest absolute Gasteiger partial charge is 0.273 e. The molecular formula is C21H31N5O. The van der Waals surface area contributed by atoms with Crippen molar-refractivity contribution in [2.24, 2.45) is 0 Å². The summed E-state index contributed by atoms with van der Waals surface area (Å²) < 4.78 is 1.92. The van der Waals surface area contributed by atoms with Crippen molar-refractivity contribution in [2.45, 2.75) is 58.4 Å². The number of carbonyl (C=O) groups is 1. The minimum atomic E-state index is -0.122. The van der Waals surface area contributed by atoms with Gasteiger partial charge in [-0.05, 0) is 62.7 Å². The van der Waals surface area contributed by atoms with E-state index >= 15 is 0 Å². The van der Waals surface area contributed by atoms with Crippen LogP contribution < -0.4 is 10.6 Å². The summed E-state index contributed by atoms with van der Waals surface area (Å²) in [5.41, 5.74) is 3.99. The molecule has 3 rings (SSSR count). The zero-order valence-corrected chi connectivity index (χ0v) is 16.7. The lowest BCUT2D eigenvalue weighted by Gasteiger charge is -2.23. The molecule has 0 bridgehead atoms. The summed E-state index contributed by atoms with van der Waals surface area (Å²) in [5, 5.41) is 14.7. The molecule has 1 amide bonds. The summed E-state index contributed by atoms with van der Waals surface area (Å²) in [6, 6.07) is 9.11. The summed E-state index contributed by atoms with van der Waals surface area (Å²) in [6.07, 6.45) is 3.93. The first-order chi connectivity index (χ1) is 13.1. The maximum Gasteiger partial charge on any atom is 0.273 e. The van der Waals surface area contributed by atoms with E-state index in [0.29, 0.717) is 24.2 Å². The summed E-state index contributed by atoms with van der Waals surface area (Å²) in [6.45, 7) is 8.96. The lowest BCUT2D eigenvalue weighted by atomic mass is 10.0. The first-order valence-corrected chi connectivity index (χ1v) is 10.1. The average molecular weight is 370 g/mol. The highest BCUT2D eigenvalue weighted by Gasteiger charge is 2.22. The molecule has 2 aromatic rings. The second-order valence-corrected chi connectivity index (χ2v) is 7.70. The van der Waals surface area contributed by atoms with E-state index in [1.165, 1.54) is 11.1 Å². The van der Waals surface area contributed by atoms with E-state index < -0.39 is 0 Å². The Kier molecular flexibility index (Phi) is 6.61. The molecule has 1 aromatic heterocycles. The number of nitrogens with one attached hydrogen (secondary N) is 2. The van der Waals surface area contributed by atoms with Crippen LogP contribution in [0, 0.1) is 6.92 Å². The van der Waals surface area contributed by atoms with Crippen LogP contribution in [0.4, 0.5) is 0 Å². The number of hydrogen-bond acceptors (Lipinski definition) is 4. The van der Waals surface area contributed by atoms with Crippen molar-refractivity contribution < 1.29 is 4.79 Å². The maximum atomic E-state index is 12.5. The van der Waals surface area contributed by atoms with Gasteiger partial charge in [-0.2, -0.15) is 0 Å². The number of rotatable bonds is 7. The van der Waals surface area contributed by atoms with Crippen LogP contribution in [0.5, 0.6) is 0 Å². The van der Waals surface area contributed by atoms with Gasteiger partial charge in [0.1, 0.15) is 0 Å². The Hall–Kier alpha value is -2.21. The molecule has 1 fully saturated rings. The van der Waals surface area contributed by atoms with Crippen LogP contribution in [0.2, 0.25) is 0 Å². The number of benzene rings is 1. The summed E-state index contributed by atoms with van der Waals surface area (Å²) >= 11 is 0. The first kappa shape index (κ1) is 19.5. The predicted molar refractivity (Wildman–Crippen MR) is 107 cm³/mol. The van der Waals surface area contributed by atoms with Crippen LogP contribution >= 0.6 is 0 Å². The van der Waals surface area contributed by atoms with E-state index in [1.54, 1.807) is 0 Å². The minimum absolute atomic E-state index is 0.122.